The summed E-state index contributed by atoms with van der Waals surface area (Å²) < 4.78 is 2.01. The van der Waals surface area contributed by atoms with Gasteiger partial charge in [0.05, 0.1) is 5.69 Å². The van der Waals surface area contributed by atoms with Crippen molar-refractivity contribution in [2.75, 3.05) is 6.61 Å². The van der Waals surface area contributed by atoms with E-state index < -0.39 is 0 Å². The molecule has 1 aromatic carbocycles. The van der Waals surface area contributed by atoms with Gasteiger partial charge in [0.1, 0.15) is 0 Å². The lowest BCUT2D eigenvalue weighted by molar-refractivity contribution is 0.265. The van der Waals surface area contributed by atoms with E-state index in [2.05, 4.69) is 34.3 Å². The smallest absolute Gasteiger partial charge is 0.234 e. The molecular weight excluding hydrogens is 288 g/mol. The summed E-state index contributed by atoms with van der Waals surface area (Å²) in [5.74, 6) is 0.734. The second-order valence-electron chi connectivity index (χ2n) is 5.80. The average Bonchev–Trinajstić information content (AvgIpc) is 2.95. The van der Waals surface area contributed by atoms with Gasteiger partial charge in [-0.3, -0.25) is 4.40 Å². The Morgan fingerprint density at radius 3 is 2.70 bits per heavy atom. The number of benzene rings is 1. The summed E-state index contributed by atoms with van der Waals surface area (Å²) in [4.78, 5) is 9.05. The molecule has 0 saturated heterocycles. The summed E-state index contributed by atoms with van der Waals surface area (Å²) >= 11 is 0. The molecule has 5 nitrogen and oxygen atoms in total. The van der Waals surface area contributed by atoms with Crippen LogP contribution < -0.4 is 5.32 Å². The first-order chi connectivity index (χ1) is 11.2. The van der Waals surface area contributed by atoms with Crippen LogP contribution in [0.15, 0.2) is 42.6 Å². The van der Waals surface area contributed by atoms with Crippen LogP contribution in [0.4, 0.5) is 0 Å². The van der Waals surface area contributed by atoms with Crippen molar-refractivity contribution >= 4 is 5.78 Å². The Hall–Kier alpha value is -2.24. The zero-order valence-corrected chi connectivity index (χ0v) is 13.5. The molecule has 2 heterocycles. The van der Waals surface area contributed by atoms with Crippen LogP contribution in [-0.2, 0) is 6.54 Å². The Labute approximate surface area is 136 Å². The molecule has 2 N–H and O–H groups in total. The maximum absolute atomic E-state index is 9.31. The summed E-state index contributed by atoms with van der Waals surface area (Å²) in [6, 6.07) is 12.3. The molecule has 0 amide bonds. The third-order valence-corrected chi connectivity index (χ3v) is 3.96. The minimum Gasteiger partial charge on any atom is -0.396 e. The molecule has 3 aromatic rings. The van der Waals surface area contributed by atoms with Gasteiger partial charge in [-0.15, -0.1) is 0 Å². The SMILES string of the molecule is Cc1cc(C)n2cc(CNC(CCO)c3ccccc3)nc2n1. The van der Waals surface area contributed by atoms with Gasteiger partial charge in [0, 0.05) is 36.8 Å². The van der Waals surface area contributed by atoms with E-state index in [0.29, 0.717) is 13.0 Å². The van der Waals surface area contributed by atoms with Gasteiger partial charge in [-0.1, -0.05) is 30.3 Å². The highest BCUT2D eigenvalue weighted by Crippen LogP contribution is 2.17. The number of nitrogens with zero attached hydrogens (tertiary/aromatic N) is 3. The Balaban J connectivity index is 1.77. The molecule has 0 aliphatic heterocycles. The third-order valence-electron chi connectivity index (χ3n) is 3.96. The summed E-state index contributed by atoms with van der Waals surface area (Å²) in [7, 11) is 0. The van der Waals surface area contributed by atoms with E-state index in [1.54, 1.807) is 0 Å². The molecule has 120 valence electrons. The third kappa shape index (κ3) is 3.57. The molecule has 5 heteroatoms. The van der Waals surface area contributed by atoms with E-state index in [1.807, 2.05) is 41.8 Å². The summed E-state index contributed by atoms with van der Waals surface area (Å²) in [5.41, 5.74) is 4.23. The van der Waals surface area contributed by atoms with Gasteiger partial charge in [0.15, 0.2) is 0 Å². The summed E-state index contributed by atoms with van der Waals surface area (Å²) in [6.45, 7) is 4.82. The molecule has 0 radical (unpaired) electrons. The van der Waals surface area contributed by atoms with Crippen molar-refractivity contribution in [3.8, 4) is 0 Å². The van der Waals surface area contributed by atoms with Crippen LogP contribution in [0.2, 0.25) is 0 Å². The van der Waals surface area contributed by atoms with E-state index in [9.17, 15) is 5.11 Å². The van der Waals surface area contributed by atoms with Crippen molar-refractivity contribution in [1.29, 1.82) is 0 Å². The number of aryl methyl sites for hydroxylation is 2. The first-order valence-electron chi connectivity index (χ1n) is 7.89. The fourth-order valence-electron chi connectivity index (χ4n) is 2.83. The van der Waals surface area contributed by atoms with Crippen LogP contribution in [0, 0.1) is 13.8 Å². The lowest BCUT2D eigenvalue weighted by atomic mass is 10.0. The largest absolute Gasteiger partial charge is 0.396 e. The zero-order chi connectivity index (χ0) is 16.2. The lowest BCUT2D eigenvalue weighted by Crippen LogP contribution is -2.22. The van der Waals surface area contributed by atoms with Crippen molar-refractivity contribution in [3.05, 3.63) is 65.2 Å². The van der Waals surface area contributed by atoms with Crippen LogP contribution in [0.25, 0.3) is 5.78 Å². The highest BCUT2D eigenvalue weighted by atomic mass is 16.3. The Morgan fingerprint density at radius 1 is 1.17 bits per heavy atom. The molecule has 1 unspecified atom stereocenters. The number of hydrogen-bond acceptors (Lipinski definition) is 4. The monoisotopic (exact) mass is 310 g/mol. The van der Waals surface area contributed by atoms with Crippen LogP contribution in [0.3, 0.4) is 0 Å². The first kappa shape index (κ1) is 15.6. The normalized spacial score (nSPS) is 12.7. The number of imidazole rings is 1. The first-order valence-corrected chi connectivity index (χ1v) is 7.89. The molecule has 2 aromatic heterocycles. The number of rotatable bonds is 6. The minimum absolute atomic E-state index is 0.113. The van der Waals surface area contributed by atoms with Gasteiger partial charge in [-0.2, -0.15) is 0 Å². The molecular formula is C18H22N4O. The number of fused-ring (bicyclic) bond motifs is 1. The van der Waals surface area contributed by atoms with Crippen LogP contribution in [0.5, 0.6) is 0 Å². The maximum Gasteiger partial charge on any atom is 0.234 e. The predicted molar refractivity (Wildman–Crippen MR) is 90.2 cm³/mol. The molecule has 0 saturated carbocycles. The quantitative estimate of drug-likeness (QED) is 0.734. The Kier molecular flexibility index (Phi) is 4.69. The predicted octanol–water partition coefficient (Wildman–Crippen LogP) is 2.56. The van der Waals surface area contributed by atoms with Gasteiger partial charge < -0.3 is 10.4 Å². The van der Waals surface area contributed by atoms with Gasteiger partial charge in [-0.05, 0) is 31.9 Å². The summed E-state index contributed by atoms with van der Waals surface area (Å²) in [5, 5.41) is 12.8. The molecule has 1 atom stereocenters. The number of hydrogen-bond donors (Lipinski definition) is 2. The molecule has 0 fully saturated rings. The highest BCUT2D eigenvalue weighted by Gasteiger charge is 2.12. The number of nitrogens with one attached hydrogen (secondary N) is 1. The van der Waals surface area contributed by atoms with Crippen molar-refractivity contribution in [1.82, 2.24) is 19.7 Å². The van der Waals surface area contributed by atoms with Gasteiger partial charge in [0.2, 0.25) is 5.78 Å². The van der Waals surface area contributed by atoms with Crippen molar-refractivity contribution in [3.63, 3.8) is 0 Å². The second-order valence-corrected chi connectivity index (χ2v) is 5.80. The Bertz CT molecular complexity index is 782. The van der Waals surface area contributed by atoms with Crippen molar-refractivity contribution in [2.24, 2.45) is 0 Å². The van der Waals surface area contributed by atoms with Crippen LogP contribution >= 0.6 is 0 Å². The zero-order valence-electron chi connectivity index (χ0n) is 13.5. The maximum atomic E-state index is 9.31. The fraction of sp³-hybridized carbons (Fsp3) is 0.333. The molecule has 0 aliphatic rings. The van der Waals surface area contributed by atoms with E-state index >= 15 is 0 Å². The molecule has 23 heavy (non-hydrogen) atoms. The van der Waals surface area contributed by atoms with E-state index in [4.69, 9.17) is 0 Å². The van der Waals surface area contributed by atoms with Crippen molar-refractivity contribution in [2.45, 2.75) is 32.9 Å². The molecule has 0 bridgehead atoms. The number of aliphatic hydroxyl groups is 1. The van der Waals surface area contributed by atoms with E-state index in [0.717, 1.165) is 22.9 Å². The van der Waals surface area contributed by atoms with Gasteiger partial charge >= 0.3 is 0 Å². The fourth-order valence-corrected chi connectivity index (χ4v) is 2.83. The second kappa shape index (κ2) is 6.89. The minimum atomic E-state index is 0.113. The van der Waals surface area contributed by atoms with Gasteiger partial charge in [-0.25, -0.2) is 9.97 Å². The van der Waals surface area contributed by atoms with E-state index in [-0.39, 0.29) is 12.6 Å². The standard InChI is InChI=1S/C18H22N4O/c1-13-10-14(2)22-12-16(21-18(22)20-13)11-19-17(8-9-23)15-6-4-3-5-7-15/h3-7,10,12,17,19,23H,8-9,11H2,1-2H3. The highest BCUT2D eigenvalue weighted by molar-refractivity contribution is 5.34. The number of aliphatic hydroxyl groups excluding tert-OH is 1. The molecule has 3 rings (SSSR count). The Morgan fingerprint density at radius 2 is 1.96 bits per heavy atom. The molecule has 0 aliphatic carbocycles. The number of aromatic nitrogens is 3. The van der Waals surface area contributed by atoms with E-state index in [1.165, 1.54) is 5.56 Å². The van der Waals surface area contributed by atoms with Crippen LogP contribution in [0.1, 0.15) is 35.1 Å². The van der Waals surface area contributed by atoms with Gasteiger partial charge in [0.25, 0.3) is 0 Å². The average molecular weight is 310 g/mol. The van der Waals surface area contributed by atoms with Crippen LogP contribution in [-0.4, -0.2) is 26.1 Å². The lowest BCUT2D eigenvalue weighted by Gasteiger charge is -2.17. The van der Waals surface area contributed by atoms with Crippen molar-refractivity contribution < 1.29 is 5.11 Å². The molecule has 0 spiro atoms. The topological polar surface area (TPSA) is 62.5 Å². The summed E-state index contributed by atoms with van der Waals surface area (Å²) in [6.07, 6.45) is 2.69.